The van der Waals surface area contributed by atoms with Crippen LogP contribution in [0.3, 0.4) is 0 Å². The summed E-state index contributed by atoms with van der Waals surface area (Å²) < 4.78 is 0. The topological polar surface area (TPSA) is 23.8 Å². The van der Waals surface area contributed by atoms with Crippen LogP contribution in [0.15, 0.2) is 18.2 Å². The molecule has 0 heterocycles. The molecular weight excluding hydrogens is 182 g/mol. The first-order valence-corrected chi connectivity index (χ1v) is 5.19. The van der Waals surface area contributed by atoms with Crippen LogP contribution >= 0.6 is 0 Å². The molecule has 1 heteroatoms. The van der Waals surface area contributed by atoms with E-state index in [2.05, 4.69) is 31.8 Å². The van der Waals surface area contributed by atoms with Crippen LogP contribution in [0, 0.1) is 36.0 Å². The third-order valence-electron chi connectivity index (χ3n) is 2.43. The first-order valence-electron chi connectivity index (χ1n) is 5.19. The number of aryl methyl sites for hydroxylation is 1. The average Bonchev–Trinajstić information content (AvgIpc) is 2.27. The quantitative estimate of drug-likeness (QED) is 0.634. The number of hydrogen-bond acceptors (Lipinski definition) is 1. The Labute approximate surface area is 91.7 Å². The Morgan fingerprint density at radius 1 is 1.40 bits per heavy atom. The van der Waals surface area contributed by atoms with E-state index in [4.69, 9.17) is 5.26 Å². The van der Waals surface area contributed by atoms with Crippen molar-refractivity contribution in [2.45, 2.75) is 27.2 Å². The van der Waals surface area contributed by atoms with Crippen LogP contribution in [0.1, 0.15) is 37.0 Å². The summed E-state index contributed by atoms with van der Waals surface area (Å²) in [4.78, 5) is 0. The van der Waals surface area contributed by atoms with Crippen LogP contribution in [0.2, 0.25) is 0 Å². The highest BCUT2D eigenvalue weighted by molar-refractivity contribution is 5.45. The highest BCUT2D eigenvalue weighted by atomic mass is 14.2. The molecule has 0 N–H and O–H groups in total. The van der Waals surface area contributed by atoms with Crippen LogP contribution in [-0.4, -0.2) is 0 Å². The van der Waals surface area contributed by atoms with Gasteiger partial charge in [0.1, 0.15) is 0 Å². The van der Waals surface area contributed by atoms with Crippen LogP contribution in [-0.2, 0) is 0 Å². The Morgan fingerprint density at radius 3 is 2.73 bits per heavy atom. The maximum Gasteiger partial charge on any atom is 0.0994 e. The smallest absolute Gasteiger partial charge is 0.0994 e. The van der Waals surface area contributed by atoms with Gasteiger partial charge >= 0.3 is 0 Å². The fraction of sp³-hybridized carbons (Fsp3) is 0.357. The first kappa shape index (κ1) is 11.3. The fourth-order valence-electron chi connectivity index (χ4n) is 1.13. The van der Waals surface area contributed by atoms with Crippen LogP contribution in [0.5, 0.6) is 0 Å². The number of rotatable bonds is 1. The van der Waals surface area contributed by atoms with E-state index >= 15 is 0 Å². The molecule has 1 atom stereocenters. The molecule has 0 saturated heterocycles. The lowest BCUT2D eigenvalue weighted by atomic mass is 10.0. The van der Waals surface area contributed by atoms with Crippen molar-refractivity contribution in [2.24, 2.45) is 5.92 Å². The summed E-state index contributed by atoms with van der Waals surface area (Å²) >= 11 is 0. The summed E-state index contributed by atoms with van der Waals surface area (Å²) in [5.74, 6) is 6.67. The minimum atomic E-state index is 0.414. The van der Waals surface area contributed by atoms with E-state index < -0.39 is 0 Å². The van der Waals surface area contributed by atoms with E-state index in [1.165, 1.54) is 0 Å². The Morgan fingerprint density at radius 2 is 2.13 bits per heavy atom. The van der Waals surface area contributed by atoms with Crippen molar-refractivity contribution >= 4 is 0 Å². The van der Waals surface area contributed by atoms with Crippen LogP contribution in [0.25, 0.3) is 0 Å². The van der Waals surface area contributed by atoms with Crippen molar-refractivity contribution in [3.05, 3.63) is 34.9 Å². The molecule has 76 valence electrons. The Hall–Kier alpha value is -1.73. The zero-order valence-corrected chi connectivity index (χ0v) is 9.46. The lowest BCUT2D eigenvalue weighted by Gasteiger charge is -1.98. The molecule has 0 aliphatic carbocycles. The highest BCUT2D eigenvalue weighted by Gasteiger charge is 1.97. The molecule has 0 aromatic heterocycles. The van der Waals surface area contributed by atoms with E-state index in [-0.39, 0.29) is 0 Å². The zero-order valence-electron chi connectivity index (χ0n) is 9.46. The van der Waals surface area contributed by atoms with Gasteiger partial charge in [-0.05, 0) is 31.0 Å². The van der Waals surface area contributed by atoms with Gasteiger partial charge in [0.05, 0.1) is 11.6 Å². The number of nitrogens with zero attached hydrogens (tertiary/aromatic N) is 1. The molecule has 15 heavy (non-hydrogen) atoms. The Kier molecular flexibility index (Phi) is 3.95. The molecule has 0 bridgehead atoms. The van der Waals surface area contributed by atoms with Gasteiger partial charge in [-0.3, -0.25) is 0 Å². The van der Waals surface area contributed by atoms with E-state index in [1.807, 2.05) is 25.1 Å². The molecule has 0 fully saturated rings. The van der Waals surface area contributed by atoms with Crippen LogP contribution < -0.4 is 0 Å². The molecule has 1 rings (SSSR count). The minimum Gasteiger partial charge on any atom is -0.192 e. The van der Waals surface area contributed by atoms with Gasteiger partial charge in [0.2, 0.25) is 0 Å². The molecule has 0 saturated carbocycles. The van der Waals surface area contributed by atoms with Crippen molar-refractivity contribution in [1.29, 1.82) is 5.26 Å². The van der Waals surface area contributed by atoms with Gasteiger partial charge in [-0.2, -0.15) is 5.26 Å². The predicted molar refractivity (Wildman–Crippen MR) is 62.2 cm³/mol. The molecule has 0 spiro atoms. The van der Waals surface area contributed by atoms with Crippen molar-refractivity contribution in [3.8, 4) is 17.9 Å². The van der Waals surface area contributed by atoms with Gasteiger partial charge in [-0.25, -0.2) is 0 Å². The molecule has 0 aliphatic rings. The molecule has 0 aliphatic heterocycles. The van der Waals surface area contributed by atoms with Gasteiger partial charge in [0, 0.05) is 11.5 Å². The minimum absolute atomic E-state index is 0.414. The maximum absolute atomic E-state index is 8.87. The number of benzene rings is 1. The summed E-state index contributed by atoms with van der Waals surface area (Å²) in [5.41, 5.74) is 2.65. The number of nitriles is 1. The van der Waals surface area contributed by atoms with E-state index in [1.54, 1.807) is 0 Å². The standard InChI is InChI=1S/C14H15N/c1-4-11(2)5-7-13-8-6-12(3)14(9-13)10-15/h6,8-9,11H,4H2,1-3H3. The van der Waals surface area contributed by atoms with Crippen molar-refractivity contribution < 1.29 is 0 Å². The lowest BCUT2D eigenvalue weighted by Crippen LogP contribution is -1.87. The van der Waals surface area contributed by atoms with E-state index in [9.17, 15) is 0 Å². The summed E-state index contributed by atoms with van der Waals surface area (Å²) in [6.07, 6.45) is 1.06. The van der Waals surface area contributed by atoms with Gasteiger partial charge in [0.15, 0.2) is 0 Å². The molecular formula is C14H15N. The summed E-state index contributed by atoms with van der Waals surface area (Å²) in [7, 11) is 0. The van der Waals surface area contributed by atoms with Crippen molar-refractivity contribution in [3.63, 3.8) is 0 Å². The van der Waals surface area contributed by atoms with E-state index in [0.717, 1.165) is 17.5 Å². The zero-order chi connectivity index (χ0) is 11.3. The number of hydrogen-bond donors (Lipinski definition) is 0. The summed E-state index contributed by atoms with van der Waals surface area (Å²) in [5, 5.41) is 8.87. The largest absolute Gasteiger partial charge is 0.192 e. The summed E-state index contributed by atoms with van der Waals surface area (Å²) in [6, 6.07) is 7.93. The normalized spacial score (nSPS) is 11.1. The molecule has 1 aromatic carbocycles. The maximum atomic E-state index is 8.87. The van der Waals surface area contributed by atoms with Gasteiger partial charge in [0.25, 0.3) is 0 Å². The first-order chi connectivity index (χ1) is 7.17. The fourth-order valence-corrected chi connectivity index (χ4v) is 1.13. The second kappa shape index (κ2) is 5.23. The highest BCUT2D eigenvalue weighted by Crippen LogP contribution is 2.09. The monoisotopic (exact) mass is 197 g/mol. The molecule has 1 nitrogen and oxygen atoms in total. The van der Waals surface area contributed by atoms with Gasteiger partial charge in [-0.1, -0.05) is 31.8 Å². The second-order valence-electron chi connectivity index (χ2n) is 3.72. The molecule has 0 amide bonds. The van der Waals surface area contributed by atoms with Gasteiger partial charge < -0.3 is 0 Å². The second-order valence-corrected chi connectivity index (χ2v) is 3.72. The van der Waals surface area contributed by atoms with Crippen LogP contribution in [0.4, 0.5) is 0 Å². The third kappa shape index (κ3) is 3.15. The lowest BCUT2D eigenvalue weighted by molar-refractivity contribution is 0.723. The third-order valence-corrected chi connectivity index (χ3v) is 2.43. The molecule has 1 aromatic rings. The molecule has 0 radical (unpaired) electrons. The Bertz CT molecular complexity index is 441. The van der Waals surface area contributed by atoms with E-state index in [0.29, 0.717) is 11.5 Å². The molecule has 1 unspecified atom stereocenters. The SMILES string of the molecule is CCC(C)C#Cc1ccc(C)c(C#N)c1. The summed E-state index contributed by atoms with van der Waals surface area (Å²) in [6.45, 7) is 6.16. The van der Waals surface area contributed by atoms with Crippen molar-refractivity contribution in [2.75, 3.05) is 0 Å². The predicted octanol–water partition coefficient (Wildman–Crippen LogP) is 3.26. The average molecular weight is 197 g/mol. The Balaban J connectivity index is 2.97. The van der Waals surface area contributed by atoms with Gasteiger partial charge in [-0.15, -0.1) is 0 Å². The van der Waals surface area contributed by atoms with Crippen molar-refractivity contribution in [1.82, 2.24) is 0 Å².